The van der Waals surface area contributed by atoms with Gasteiger partial charge in [0.25, 0.3) is 0 Å². The molecule has 0 aliphatic rings. The molecular weight excluding hydrogens is 224 g/mol. The van der Waals surface area contributed by atoms with Crippen LogP contribution in [0.15, 0.2) is 23.3 Å². The lowest BCUT2D eigenvalue weighted by atomic mass is 10.1. The standard InChI is InChI=1S/C11H12N2O2S/c1-4-8(5-6-12-3)9-10(11(14)15)16-7(2)13-9/h4-6H,3H2,1-2H3,(H,14,15). The van der Waals surface area contributed by atoms with Crippen LogP contribution in [-0.4, -0.2) is 22.8 Å². The van der Waals surface area contributed by atoms with Crippen LogP contribution in [0.2, 0.25) is 0 Å². The van der Waals surface area contributed by atoms with Crippen molar-refractivity contribution in [1.29, 1.82) is 0 Å². The van der Waals surface area contributed by atoms with Gasteiger partial charge in [0.15, 0.2) is 0 Å². The second kappa shape index (κ2) is 5.37. The molecule has 1 aromatic rings. The van der Waals surface area contributed by atoms with Gasteiger partial charge in [-0.2, -0.15) is 0 Å². The van der Waals surface area contributed by atoms with Crippen LogP contribution in [0.4, 0.5) is 0 Å². The van der Waals surface area contributed by atoms with E-state index in [4.69, 9.17) is 5.11 Å². The van der Waals surface area contributed by atoms with Crippen LogP contribution in [0.1, 0.15) is 27.3 Å². The molecule has 0 saturated heterocycles. The molecule has 16 heavy (non-hydrogen) atoms. The summed E-state index contributed by atoms with van der Waals surface area (Å²) in [6.07, 6.45) is 4.99. The maximum atomic E-state index is 11.0. The topological polar surface area (TPSA) is 62.5 Å². The predicted molar refractivity (Wildman–Crippen MR) is 66.2 cm³/mol. The lowest BCUT2D eigenvalue weighted by molar-refractivity contribution is 0.0701. The number of aliphatic imine (C=N–C) groups is 1. The van der Waals surface area contributed by atoms with Crippen molar-refractivity contribution in [3.63, 3.8) is 0 Å². The SMILES string of the molecule is C=NC=CC(=CC)c1nc(C)sc1C(=O)O. The molecule has 0 saturated carbocycles. The number of carboxylic acid groups (broad SMARTS) is 1. The van der Waals surface area contributed by atoms with E-state index in [0.717, 1.165) is 10.6 Å². The Hall–Kier alpha value is -1.75. The lowest BCUT2D eigenvalue weighted by Gasteiger charge is -1.98. The predicted octanol–water partition coefficient (Wildman–Crippen LogP) is 2.77. The van der Waals surface area contributed by atoms with Gasteiger partial charge in [0.05, 0.1) is 10.7 Å². The van der Waals surface area contributed by atoms with Crippen LogP contribution in [0.25, 0.3) is 5.57 Å². The van der Waals surface area contributed by atoms with E-state index >= 15 is 0 Å². The van der Waals surface area contributed by atoms with Gasteiger partial charge in [0.1, 0.15) is 4.88 Å². The lowest BCUT2D eigenvalue weighted by Crippen LogP contribution is -1.97. The molecule has 84 valence electrons. The average Bonchev–Trinajstić information content (AvgIpc) is 2.62. The maximum Gasteiger partial charge on any atom is 0.348 e. The number of hydrogen-bond donors (Lipinski definition) is 1. The van der Waals surface area contributed by atoms with Crippen molar-refractivity contribution < 1.29 is 9.90 Å². The first-order valence-corrected chi connectivity index (χ1v) is 5.41. The summed E-state index contributed by atoms with van der Waals surface area (Å²) in [5.74, 6) is -0.958. The molecule has 0 aromatic carbocycles. The van der Waals surface area contributed by atoms with Crippen molar-refractivity contribution in [1.82, 2.24) is 4.98 Å². The fourth-order valence-electron chi connectivity index (χ4n) is 1.21. The van der Waals surface area contributed by atoms with Crippen molar-refractivity contribution >= 4 is 29.6 Å². The van der Waals surface area contributed by atoms with Gasteiger partial charge in [0, 0.05) is 6.20 Å². The molecule has 5 heteroatoms. The monoisotopic (exact) mass is 236 g/mol. The molecule has 0 radical (unpaired) electrons. The molecule has 0 unspecified atom stereocenters. The highest BCUT2D eigenvalue weighted by atomic mass is 32.1. The molecule has 0 fully saturated rings. The summed E-state index contributed by atoms with van der Waals surface area (Å²) in [6, 6.07) is 0. The third-order valence-electron chi connectivity index (χ3n) is 1.87. The fourth-order valence-corrected chi connectivity index (χ4v) is 1.99. The molecular formula is C11H12N2O2S. The van der Waals surface area contributed by atoms with Gasteiger partial charge in [-0.15, -0.1) is 11.3 Å². The number of rotatable bonds is 4. The minimum atomic E-state index is -0.958. The molecule has 4 nitrogen and oxygen atoms in total. The average molecular weight is 236 g/mol. The Labute approximate surface area is 97.7 Å². The normalized spacial score (nSPS) is 12.0. The molecule has 1 N–H and O–H groups in total. The largest absolute Gasteiger partial charge is 0.477 e. The van der Waals surface area contributed by atoms with E-state index < -0.39 is 5.97 Å². The number of aryl methyl sites for hydroxylation is 1. The van der Waals surface area contributed by atoms with Crippen LogP contribution in [0.3, 0.4) is 0 Å². The first-order chi connectivity index (χ1) is 7.60. The number of carbonyl (C=O) groups is 1. The Balaban J connectivity index is 3.25. The molecule has 1 rings (SSSR count). The van der Waals surface area contributed by atoms with Gasteiger partial charge in [-0.3, -0.25) is 4.99 Å². The summed E-state index contributed by atoms with van der Waals surface area (Å²) < 4.78 is 0. The first kappa shape index (κ1) is 12.3. The highest BCUT2D eigenvalue weighted by Crippen LogP contribution is 2.25. The van der Waals surface area contributed by atoms with E-state index in [-0.39, 0.29) is 4.88 Å². The zero-order valence-corrected chi connectivity index (χ0v) is 9.91. The summed E-state index contributed by atoms with van der Waals surface area (Å²) in [5.41, 5.74) is 1.21. The second-order valence-electron chi connectivity index (χ2n) is 2.96. The van der Waals surface area contributed by atoms with E-state index in [2.05, 4.69) is 16.7 Å². The molecule has 1 heterocycles. The van der Waals surface area contributed by atoms with E-state index in [1.54, 1.807) is 19.1 Å². The second-order valence-corrected chi connectivity index (χ2v) is 4.16. The van der Waals surface area contributed by atoms with E-state index in [1.165, 1.54) is 17.5 Å². The van der Waals surface area contributed by atoms with Gasteiger partial charge >= 0.3 is 5.97 Å². The zero-order chi connectivity index (χ0) is 12.1. The Kier molecular flexibility index (Phi) is 4.13. The van der Waals surface area contributed by atoms with Gasteiger partial charge in [-0.25, -0.2) is 9.78 Å². The molecule has 0 amide bonds. The third-order valence-corrected chi connectivity index (χ3v) is 2.83. The molecule has 0 aliphatic carbocycles. The minimum absolute atomic E-state index is 0.249. The highest BCUT2D eigenvalue weighted by molar-refractivity contribution is 7.13. The summed E-state index contributed by atoms with van der Waals surface area (Å²) in [7, 11) is 0. The first-order valence-electron chi connectivity index (χ1n) is 4.60. The summed E-state index contributed by atoms with van der Waals surface area (Å²) >= 11 is 1.17. The summed E-state index contributed by atoms with van der Waals surface area (Å²) in [6.45, 7) is 6.93. The molecule has 0 aliphatic heterocycles. The van der Waals surface area contributed by atoms with E-state index in [0.29, 0.717) is 5.69 Å². The number of carboxylic acids is 1. The Morgan fingerprint density at radius 3 is 2.81 bits per heavy atom. The number of aromatic carboxylic acids is 1. The molecule has 0 atom stereocenters. The van der Waals surface area contributed by atoms with Crippen molar-refractivity contribution in [2.24, 2.45) is 4.99 Å². The zero-order valence-electron chi connectivity index (χ0n) is 9.10. The Morgan fingerprint density at radius 2 is 2.31 bits per heavy atom. The van der Waals surface area contributed by atoms with E-state index in [1.807, 2.05) is 6.92 Å². The number of hydrogen-bond acceptors (Lipinski definition) is 4. The smallest absolute Gasteiger partial charge is 0.348 e. The quantitative estimate of drug-likeness (QED) is 0.645. The van der Waals surface area contributed by atoms with E-state index in [9.17, 15) is 4.79 Å². The molecule has 0 bridgehead atoms. The van der Waals surface area contributed by atoms with Crippen molar-refractivity contribution in [3.8, 4) is 0 Å². The summed E-state index contributed by atoms with van der Waals surface area (Å²) in [5, 5.41) is 9.76. The fraction of sp³-hybridized carbons (Fsp3) is 0.182. The number of thiazole rings is 1. The van der Waals surface area contributed by atoms with Crippen molar-refractivity contribution in [3.05, 3.63) is 33.9 Å². The van der Waals surface area contributed by atoms with Gasteiger partial charge in [0.2, 0.25) is 0 Å². The van der Waals surface area contributed by atoms with Crippen LogP contribution >= 0.6 is 11.3 Å². The van der Waals surface area contributed by atoms with Gasteiger partial charge in [-0.1, -0.05) is 6.08 Å². The highest BCUT2D eigenvalue weighted by Gasteiger charge is 2.17. The maximum absolute atomic E-state index is 11.0. The van der Waals surface area contributed by atoms with Crippen LogP contribution < -0.4 is 0 Å². The number of allylic oxidation sites excluding steroid dienone is 3. The minimum Gasteiger partial charge on any atom is -0.477 e. The number of aromatic nitrogens is 1. The van der Waals surface area contributed by atoms with Crippen LogP contribution in [0.5, 0.6) is 0 Å². The summed E-state index contributed by atoms with van der Waals surface area (Å²) in [4.78, 5) is 19.1. The Bertz CT molecular complexity index is 472. The number of nitrogens with zero attached hydrogens (tertiary/aromatic N) is 2. The van der Waals surface area contributed by atoms with Crippen molar-refractivity contribution in [2.45, 2.75) is 13.8 Å². The van der Waals surface area contributed by atoms with Gasteiger partial charge in [-0.05, 0) is 32.2 Å². The Morgan fingerprint density at radius 1 is 1.62 bits per heavy atom. The molecule has 0 spiro atoms. The van der Waals surface area contributed by atoms with Crippen LogP contribution in [0, 0.1) is 6.92 Å². The van der Waals surface area contributed by atoms with Crippen LogP contribution in [-0.2, 0) is 0 Å². The van der Waals surface area contributed by atoms with Gasteiger partial charge < -0.3 is 5.11 Å². The third kappa shape index (κ3) is 2.64. The van der Waals surface area contributed by atoms with Crippen molar-refractivity contribution in [2.75, 3.05) is 0 Å². The molecule has 1 aromatic heterocycles.